The summed E-state index contributed by atoms with van der Waals surface area (Å²) in [5, 5.41) is -0.593. The number of benzene rings is 2. The molecule has 8 nitrogen and oxygen atoms in total. The summed E-state index contributed by atoms with van der Waals surface area (Å²) < 4.78 is 505. The van der Waals surface area contributed by atoms with Crippen LogP contribution < -0.4 is 18.9 Å². The molecule has 0 saturated carbocycles. The number of thiophene rings is 1. The first-order valence-electron chi connectivity index (χ1n) is 21.8. The van der Waals surface area contributed by atoms with Crippen molar-refractivity contribution in [3.63, 3.8) is 0 Å². The van der Waals surface area contributed by atoms with Gasteiger partial charge >= 0.3 is 95.8 Å². The van der Waals surface area contributed by atoms with Gasteiger partial charge in [0.1, 0.15) is 0 Å². The summed E-state index contributed by atoms with van der Waals surface area (Å²) in [7, 11) is 0. The van der Waals surface area contributed by atoms with Crippen LogP contribution in [0.2, 0.25) is 0 Å². The molecule has 0 aliphatic rings. The fourth-order valence-corrected chi connectivity index (χ4v) is 7.51. The summed E-state index contributed by atoms with van der Waals surface area (Å²) in [6, 6.07) is 4.77. The van der Waals surface area contributed by atoms with Crippen LogP contribution in [0.1, 0.15) is 12.8 Å². The quantitative estimate of drug-likeness (QED) is 0.0565. The number of aromatic nitrogens is 4. The lowest BCUT2D eigenvalue weighted by molar-refractivity contribution is -0.398. The smallest absolute Gasteiger partial charge is 0.460 e. The van der Waals surface area contributed by atoms with Crippen LogP contribution in [0.4, 0.5) is 158 Å². The van der Waals surface area contributed by atoms with Crippen LogP contribution in [0.3, 0.4) is 0 Å². The van der Waals surface area contributed by atoms with Crippen molar-refractivity contribution < 1.29 is 177 Å². The Bertz CT molecular complexity index is 3070. The molecular formula is C42H20F36N4O4S. The van der Waals surface area contributed by atoms with Crippen LogP contribution in [0.15, 0.2) is 48.5 Å². The Morgan fingerprint density at radius 1 is 0.287 bits per heavy atom. The molecule has 45 heteroatoms. The standard InChI is InChI=1S/C42H20F36N4O4S/c43-27(44,31(51,52)35(59,60)39(67,68)69)5-7-83-21-11-23(85-13-29(47,48)33(55,56)37(63,64)41(73,74)75)81-25(79-21)15-1-3-19-17(9-15)18-10-16(2-4-20(18)87-19)26-80-22(84-8-6-28(45,46)32(53,54)36(61,62)40(70,71)72)12-24(82-26)86-14-30(49,50)34(57,58)38(65,66)42(76,77)78/h1-4,9-12H,5-8,13-14H2. The second-order valence-electron chi connectivity index (χ2n) is 17.4. The molecule has 3 aromatic heterocycles. The van der Waals surface area contributed by atoms with Gasteiger partial charge in [-0.15, -0.1) is 11.3 Å². The summed E-state index contributed by atoms with van der Waals surface area (Å²) in [4.78, 5) is 13.6. The summed E-state index contributed by atoms with van der Waals surface area (Å²) >= 11 is 0.668. The Kier molecular flexibility index (Phi) is 18.2. The predicted molar refractivity (Wildman–Crippen MR) is 216 cm³/mol. The fraction of sp³-hybridized carbons (Fsp3) is 0.524. The number of ether oxygens (including phenoxy) is 4. The molecule has 0 aliphatic carbocycles. The fourth-order valence-electron chi connectivity index (χ4n) is 6.44. The van der Waals surface area contributed by atoms with Crippen molar-refractivity contribution in [2.24, 2.45) is 0 Å². The van der Waals surface area contributed by atoms with E-state index in [0.29, 0.717) is 11.3 Å². The van der Waals surface area contributed by atoms with Crippen molar-refractivity contribution >= 4 is 31.5 Å². The molecule has 3 heterocycles. The Hall–Kier alpha value is -6.50. The van der Waals surface area contributed by atoms with Crippen molar-refractivity contribution in [1.29, 1.82) is 0 Å². The Labute approximate surface area is 458 Å². The average Bonchev–Trinajstić information content (AvgIpc) is 1.94. The van der Waals surface area contributed by atoms with Gasteiger partial charge in [0.15, 0.2) is 24.9 Å². The lowest BCUT2D eigenvalue weighted by atomic mass is 10.0. The highest BCUT2D eigenvalue weighted by Gasteiger charge is 2.85. The molecule has 0 N–H and O–H groups in total. The van der Waals surface area contributed by atoms with Gasteiger partial charge in [0, 0.05) is 31.3 Å². The van der Waals surface area contributed by atoms with Gasteiger partial charge in [-0.05, 0) is 36.4 Å². The molecule has 0 unspecified atom stereocenters. The molecule has 0 atom stereocenters. The van der Waals surface area contributed by atoms with E-state index in [0.717, 1.165) is 36.4 Å². The molecule has 0 spiro atoms. The number of fused-ring (bicyclic) bond motifs is 3. The Morgan fingerprint density at radius 2 is 0.529 bits per heavy atom. The van der Waals surface area contributed by atoms with E-state index in [9.17, 15) is 158 Å². The molecule has 0 aliphatic heterocycles. The van der Waals surface area contributed by atoms with Crippen LogP contribution >= 0.6 is 11.3 Å². The minimum Gasteiger partial charge on any atom is -0.477 e. The Morgan fingerprint density at radius 3 is 0.782 bits per heavy atom. The van der Waals surface area contributed by atoms with Crippen molar-refractivity contribution in [2.45, 2.75) is 109 Å². The summed E-state index contributed by atoms with van der Waals surface area (Å²) in [6.07, 6.45) is -35.3. The normalized spacial score (nSPS) is 14.9. The molecule has 0 fully saturated rings. The lowest BCUT2D eigenvalue weighted by Crippen LogP contribution is -2.62. The van der Waals surface area contributed by atoms with Gasteiger partial charge in [-0.3, -0.25) is 0 Å². The highest BCUT2D eigenvalue weighted by Crippen LogP contribution is 2.58. The number of alkyl halides is 36. The van der Waals surface area contributed by atoms with Gasteiger partial charge in [0.2, 0.25) is 23.5 Å². The minimum absolute atomic E-state index is 0.0317. The van der Waals surface area contributed by atoms with E-state index >= 15 is 0 Å². The molecule has 490 valence electrons. The van der Waals surface area contributed by atoms with Gasteiger partial charge in [-0.1, -0.05) is 0 Å². The largest absolute Gasteiger partial charge is 0.477 e. The highest BCUT2D eigenvalue weighted by molar-refractivity contribution is 7.25. The van der Waals surface area contributed by atoms with E-state index < -0.39 is 181 Å². The highest BCUT2D eigenvalue weighted by atomic mass is 32.1. The predicted octanol–water partition coefficient (Wildman–Crippen LogP) is 17.1. The molecule has 2 aromatic carbocycles. The summed E-state index contributed by atoms with van der Waals surface area (Å²) in [6.45, 7) is -10.9. The third kappa shape index (κ3) is 12.8. The molecule has 5 rings (SSSR count). The number of rotatable bonds is 24. The molecule has 5 aromatic rings. The zero-order chi connectivity index (χ0) is 67.2. The van der Waals surface area contributed by atoms with Gasteiger partial charge in [0.25, 0.3) is 0 Å². The zero-order valence-electron chi connectivity index (χ0n) is 40.3. The maximum absolute atomic E-state index is 14.5. The SMILES string of the molecule is FC(F)(F)C(F)(F)C(F)(F)C(F)(F)CCOc1cc(OCC(F)(F)C(F)(F)C(F)(F)C(F)(F)F)nc(-c2ccc3sc4ccc(-c5nc(OCCC(F)(F)C(F)(F)C(F)(F)C(F)(F)F)cc(OCC(F)(F)C(F)(F)C(F)(F)C(F)(F)F)n5)cc4c3c2)n1. The van der Waals surface area contributed by atoms with Gasteiger partial charge in [0.05, 0.1) is 38.2 Å². The second-order valence-corrected chi connectivity index (χ2v) is 18.5. The van der Waals surface area contributed by atoms with E-state index in [4.69, 9.17) is 0 Å². The number of hydrogen-bond acceptors (Lipinski definition) is 9. The molecule has 0 amide bonds. The Balaban J connectivity index is 1.62. The van der Waals surface area contributed by atoms with E-state index in [1.165, 1.54) is 0 Å². The zero-order valence-corrected chi connectivity index (χ0v) is 41.1. The van der Waals surface area contributed by atoms with E-state index in [1.54, 1.807) is 0 Å². The number of hydrogen-bond donors (Lipinski definition) is 0. The second kappa shape index (κ2) is 22.2. The maximum atomic E-state index is 14.5. The van der Waals surface area contributed by atoms with Crippen molar-refractivity contribution in [3.8, 4) is 46.3 Å². The molecular weight excluding hydrogens is 1340 g/mol. The summed E-state index contributed by atoms with van der Waals surface area (Å²) in [5.74, 6) is -94.8. The lowest BCUT2D eigenvalue weighted by Gasteiger charge is -2.33. The number of halogens is 36. The van der Waals surface area contributed by atoms with Crippen molar-refractivity contribution in [1.82, 2.24) is 19.9 Å². The summed E-state index contributed by atoms with van der Waals surface area (Å²) in [5.41, 5.74) is -1.39. The van der Waals surface area contributed by atoms with E-state index in [-0.39, 0.29) is 32.3 Å². The van der Waals surface area contributed by atoms with Crippen LogP contribution in [0.25, 0.3) is 42.9 Å². The van der Waals surface area contributed by atoms with Crippen LogP contribution in [0.5, 0.6) is 23.5 Å². The van der Waals surface area contributed by atoms with Crippen molar-refractivity contribution in [3.05, 3.63) is 48.5 Å². The first-order chi connectivity index (χ1) is 38.7. The van der Waals surface area contributed by atoms with Crippen LogP contribution in [-0.4, -0.2) is 142 Å². The average molecular weight is 1360 g/mol. The third-order valence-corrected chi connectivity index (χ3v) is 12.5. The topological polar surface area (TPSA) is 88.5 Å². The van der Waals surface area contributed by atoms with Crippen molar-refractivity contribution in [2.75, 3.05) is 26.4 Å². The molecule has 87 heavy (non-hydrogen) atoms. The van der Waals surface area contributed by atoms with Gasteiger partial charge in [-0.2, -0.15) is 178 Å². The molecule has 0 bridgehead atoms. The van der Waals surface area contributed by atoms with Crippen LogP contribution in [-0.2, 0) is 0 Å². The third-order valence-electron chi connectivity index (χ3n) is 11.3. The number of nitrogens with zero attached hydrogens (tertiary/aromatic N) is 4. The minimum atomic E-state index is -7.56. The molecule has 0 radical (unpaired) electrons. The first-order valence-corrected chi connectivity index (χ1v) is 22.6. The van der Waals surface area contributed by atoms with Gasteiger partial charge in [-0.25, -0.2) is 0 Å². The van der Waals surface area contributed by atoms with E-state index in [1.807, 2.05) is 0 Å². The monoisotopic (exact) mass is 1360 g/mol. The molecule has 0 saturated heterocycles. The van der Waals surface area contributed by atoms with Crippen LogP contribution in [0, 0.1) is 0 Å². The van der Waals surface area contributed by atoms with Gasteiger partial charge < -0.3 is 18.9 Å². The maximum Gasteiger partial charge on any atom is 0.460 e. The first kappa shape index (κ1) is 71.3. The van der Waals surface area contributed by atoms with E-state index in [2.05, 4.69) is 38.9 Å².